The molecule has 42 heavy (non-hydrogen) atoms. The van der Waals surface area contributed by atoms with E-state index in [1.54, 1.807) is 13.3 Å². The molecule has 218 valence electrons. The Morgan fingerprint density at radius 2 is 1.88 bits per heavy atom. The van der Waals surface area contributed by atoms with Crippen molar-refractivity contribution in [2.45, 2.75) is 46.2 Å². The van der Waals surface area contributed by atoms with Gasteiger partial charge in [0.15, 0.2) is 5.11 Å². The highest BCUT2D eigenvalue weighted by Gasteiger charge is 2.42. The smallest absolute Gasteiger partial charge is 0.250 e. The van der Waals surface area contributed by atoms with Crippen molar-refractivity contribution in [3.8, 4) is 11.4 Å². The van der Waals surface area contributed by atoms with Crippen LogP contribution in [0.3, 0.4) is 0 Å². The fraction of sp³-hybridized carbons (Fsp3) is 0.303. The number of hydrogen-bond acceptors (Lipinski definition) is 5. The molecule has 1 aliphatic heterocycles. The Morgan fingerprint density at radius 1 is 1.07 bits per heavy atom. The van der Waals surface area contributed by atoms with Gasteiger partial charge in [0.25, 0.3) is 0 Å². The van der Waals surface area contributed by atoms with Crippen LogP contribution in [0.5, 0.6) is 5.75 Å². The third kappa shape index (κ3) is 5.37. The molecule has 0 radical (unpaired) electrons. The van der Waals surface area contributed by atoms with Gasteiger partial charge < -0.3 is 29.6 Å². The van der Waals surface area contributed by atoms with E-state index in [0.29, 0.717) is 16.5 Å². The van der Waals surface area contributed by atoms with Crippen LogP contribution in [0.25, 0.3) is 5.69 Å². The predicted octanol–water partition coefficient (Wildman–Crippen LogP) is 6.13. The summed E-state index contributed by atoms with van der Waals surface area (Å²) in [6.07, 6.45) is 2.74. The maximum Gasteiger partial charge on any atom is 0.250 e. The molecule has 2 N–H and O–H groups in total. The van der Waals surface area contributed by atoms with E-state index in [1.165, 1.54) is 23.9 Å². The van der Waals surface area contributed by atoms with E-state index in [2.05, 4.69) is 72.1 Å². The molecule has 0 saturated carbocycles. The third-order valence-electron chi connectivity index (χ3n) is 7.82. The average Bonchev–Trinajstić information content (AvgIpc) is 3.48. The number of carbonyl (C=O) groups excluding carboxylic acids is 1. The first-order chi connectivity index (χ1) is 20.3. The zero-order valence-electron chi connectivity index (χ0n) is 24.9. The highest BCUT2D eigenvalue weighted by molar-refractivity contribution is 7.80. The largest absolute Gasteiger partial charge is 0.495 e. The Bertz CT molecular complexity index is 1620. The number of rotatable bonds is 9. The number of nitrogens with zero attached hydrogens (tertiary/aromatic N) is 3. The second-order valence-corrected chi connectivity index (χ2v) is 10.8. The molecule has 2 aromatic heterocycles. The summed E-state index contributed by atoms with van der Waals surface area (Å²) in [5.41, 5.74) is 9.43. The zero-order chi connectivity index (χ0) is 30.0. The predicted molar refractivity (Wildman–Crippen MR) is 171 cm³/mol. The summed E-state index contributed by atoms with van der Waals surface area (Å²) in [7, 11) is 3.06. The molecular formula is C33H37N5O3S. The molecule has 9 heteroatoms. The number of methoxy groups -OCH3 is 2. The van der Waals surface area contributed by atoms with E-state index in [9.17, 15) is 4.79 Å². The molecule has 3 heterocycles. The van der Waals surface area contributed by atoms with Crippen LogP contribution < -0.4 is 20.3 Å². The first kappa shape index (κ1) is 29.3. The number of hydrogen-bond donors (Lipinski definition) is 2. The van der Waals surface area contributed by atoms with Gasteiger partial charge in [0.05, 0.1) is 36.3 Å². The van der Waals surface area contributed by atoms with Crippen molar-refractivity contribution in [3.63, 3.8) is 0 Å². The lowest BCUT2D eigenvalue weighted by molar-refractivity contribution is -0.119. The summed E-state index contributed by atoms with van der Waals surface area (Å²) in [6.45, 7) is 8.62. The molecule has 0 spiro atoms. The van der Waals surface area contributed by atoms with Crippen LogP contribution in [0.15, 0.2) is 66.9 Å². The molecule has 1 aliphatic rings. The zero-order valence-corrected chi connectivity index (χ0v) is 25.7. The van der Waals surface area contributed by atoms with Crippen LogP contribution in [0.4, 0.5) is 11.4 Å². The van der Waals surface area contributed by atoms with Crippen molar-refractivity contribution >= 4 is 34.6 Å². The van der Waals surface area contributed by atoms with Gasteiger partial charge in [-0.15, -0.1) is 0 Å². The van der Waals surface area contributed by atoms with Crippen molar-refractivity contribution in [1.82, 2.24) is 14.9 Å². The Kier molecular flexibility index (Phi) is 8.61. The Labute approximate surface area is 252 Å². The molecule has 1 saturated heterocycles. The number of ether oxygens (including phenoxy) is 2. The van der Waals surface area contributed by atoms with Gasteiger partial charge in [0.2, 0.25) is 5.91 Å². The summed E-state index contributed by atoms with van der Waals surface area (Å²) >= 11 is 5.99. The van der Waals surface area contributed by atoms with Gasteiger partial charge in [-0.2, -0.15) is 0 Å². The number of carbonyl (C=O) groups is 1. The second kappa shape index (κ2) is 12.3. The van der Waals surface area contributed by atoms with Crippen LogP contribution in [-0.4, -0.2) is 41.4 Å². The molecule has 0 bridgehead atoms. The first-order valence-corrected chi connectivity index (χ1v) is 14.4. The SMILES string of the molecule is CCc1cccc(C)c1-n1c(C)cc(C2C(c3ccccn3)NC(=S)N2c2ccc(OC)c(NC(=O)COC)c2)c1C. The van der Waals surface area contributed by atoms with Gasteiger partial charge >= 0.3 is 0 Å². The fourth-order valence-corrected chi connectivity index (χ4v) is 6.31. The van der Waals surface area contributed by atoms with Crippen LogP contribution in [0, 0.1) is 20.8 Å². The van der Waals surface area contributed by atoms with Crippen molar-refractivity contribution in [3.05, 3.63) is 101 Å². The topological polar surface area (TPSA) is 80.7 Å². The van der Waals surface area contributed by atoms with Gasteiger partial charge in [-0.3, -0.25) is 9.78 Å². The lowest BCUT2D eigenvalue weighted by atomic mass is 9.96. The number of thiocarbonyl (C=S) groups is 1. The molecule has 2 atom stereocenters. The van der Waals surface area contributed by atoms with E-state index in [1.807, 2.05) is 36.4 Å². The van der Waals surface area contributed by atoms with Gasteiger partial charge in [0, 0.05) is 30.4 Å². The number of pyridine rings is 1. The number of anilines is 2. The summed E-state index contributed by atoms with van der Waals surface area (Å²) in [5.74, 6) is 0.274. The summed E-state index contributed by atoms with van der Waals surface area (Å²) in [6, 6.07) is 20.0. The number of para-hydroxylation sites is 1. The minimum atomic E-state index is -0.272. The van der Waals surface area contributed by atoms with Crippen molar-refractivity contribution in [1.29, 1.82) is 0 Å². The van der Waals surface area contributed by atoms with Crippen LogP contribution in [0.2, 0.25) is 0 Å². The molecule has 4 aromatic rings. The lowest BCUT2D eigenvalue weighted by Crippen LogP contribution is -2.29. The highest BCUT2D eigenvalue weighted by atomic mass is 32.1. The maximum absolute atomic E-state index is 12.4. The Morgan fingerprint density at radius 3 is 2.57 bits per heavy atom. The van der Waals surface area contributed by atoms with E-state index in [0.717, 1.165) is 34.8 Å². The molecule has 8 nitrogen and oxygen atoms in total. The first-order valence-electron chi connectivity index (χ1n) is 14.0. The molecule has 2 aromatic carbocycles. The highest BCUT2D eigenvalue weighted by Crippen LogP contribution is 2.45. The van der Waals surface area contributed by atoms with Crippen molar-refractivity contribution < 1.29 is 14.3 Å². The number of aromatic nitrogens is 2. The third-order valence-corrected chi connectivity index (χ3v) is 8.14. The minimum Gasteiger partial charge on any atom is -0.495 e. The number of nitrogens with one attached hydrogen (secondary N) is 2. The fourth-order valence-electron chi connectivity index (χ4n) is 5.97. The molecule has 1 fully saturated rings. The summed E-state index contributed by atoms with van der Waals surface area (Å²) in [4.78, 5) is 19.3. The molecular weight excluding hydrogens is 546 g/mol. The van der Waals surface area contributed by atoms with Crippen LogP contribution in [-0.2, 0) is 16.0 Å². The summed E-state index contributed by atoms with van der Waals surface area (Å²) in [5, 5.41) is 7.03. The maximum atomic E-state index is 12.4. The minimum absolute atomic E-state index is 0.0634. The second-order valence-electron chi connectivity index (χ2n) is 10.5. The molecule has 0 aliphatic carbocycles. The van der Waals surface area contributed by atoms with Gasteiger partial charge in [-0.05, 0) is 92.5 Å². The standard InChI is InChI=1S/C33H37N5O3S/c1-7-23-12-10-11-20(2)31(23)37-21(3)17-25(22(37)4)32-30(26-13-8-9-16-34-26)36-33(42)38(32)24-14-15-28(41-6)27(18-24)35-29(39)19-40-5/h8-18,30,32H,7,19H2,1-6H3,(H,35,39)(H,36,42). The van der Waals surface area contributed by atoms with Crippen molar-refractivity contribution in [2.24, 2.45) is 0 Å². The molecule has 2 unspecified atom stereocenters. The van der Waals surface area contributed by atoms with Gasteiger partial charge in [-0.1, -0.05) is 31.2 Å². The summed E-state index contributed by atoms with van der Waals surface area (Å²) < 4.78 is 12.9. The number of benzene rings is 2. The van der Waals surface area contributed by atoms with Crippen molar-refractivity contribution in [2.75, 3.05) is 31.0 Å². The molecule has 5 rings (SSSR count). The van der Waals surface area contributed by atoms with Crippen LogP contribution in [0.1, 0.15) is 52.8 Å². The van der Waals surface area contributed by atoms with E-state index >= 15 is 0 Å². The molecule has 1 amide bonds. The van der Waals surface area contributed by atoms with E-state index in [-0.39, 0.29) is 24.6 Å². The lowest BCUT2D eigenvalue weighted by Gasteiger charge is -2.29. The normalized spacial score (nSPS) is 16.4. The van der Waals surface area contributed by atoms with Gasteiger partial charge in [0.1, 0.15) is 12.4 Å². The van der Waals surface area contributed by atoms with E-state index in [4.69, 9.17) is 26.7 Å². The Hall–Kier alpha value is -4.21. The van der Waals surface area contributed by atoms with Gasteiger partial charge in [-0.25, -0.2) is 0 Å². The van der Waals surface area contributed by atoms with Crippen LogP contribution >= 0.6 is 12.2 Å². The number of aryl methyl sites for hydroxylation is 3. The number of amides is 1. The Balaban J connectivity index is 1.68. The quantitative estimate of drug-likeness (QED) is 0.230. The van der Waals surface area contributed by atoms with E-state index < -0.39 is 0 Å². The monoisotopic (exact) mass is 583 g/mol. The average molecular weight is 584 g/mol.